The quantitative estimate of drug-likeness (QED) is 0.333. The molecule has 3 N–H and O–H groups in total. The number of unbranched alkanes of at least 4 members (excludes halogenated alkanes) is 1. The summed E-state index contributed by atoms with van der Waals surface area (Å²) in [6, 6.07) is -0.769. The van der Waals surface area contributed by atoms with E-state index in [0.717, 1.165) is 19.1 Å². The van der Waals surface area contributed by atoms with Crippen molar-refractivity contribution in [2.24, 2.45) is 10.7 Å². The molecule has 1 atom stereocenters. The van der Waals surface area contributed by atoms with E-state index in [9.17, 15) is 9.59 Å². The van der Waals surface area contributed by atoms with E-state index < -0.39 is 12.0 Å². The summed E-state index contributed by atoms with van der Waals surface area (Å²) in [6.07, 6.45) is 4.70. The highest BCUT2D eigenvalue weighted by Gasteiger charge is 2.09. The molecule has 0 bridgehead atoms. The van der Waals surface area contributed by atoms with Gasteiger partial charge in [0.25, 0.3) is 0 Å². The van der Waals surface area contributed by atoms with Crippen LogP contribution in [0.25, 0.3) is 0 Å². The molecule has 0 fully saturated rings. The number of nitrogens with zero attached hydrogens (tertiary/aromatic N) is 1. The number of aliphatic imine (C=N–C) groups is 1. The minimum absolute atomic E-state index is 0.342. The third-order valence-corrected chi connectivity index (χ3v) is 1.70. The fourth-order valence-electron chi connectivity index (χ4n) is 0.900. The molecule has 0 amide bonds. The first-order valence-electron chi connectivity index (χ1n) is 4.58. The zero-order valence-corrected chi connectivity index (χ0v) is 8.06. The van der Waals surface area contributed by atoms with Crippen LogP contribution in [0.1, 0.15) is 25.7 Å². The molecule has 0 aliphatic carbocycles. The molecule has 0 spiro atoms. The molecule has 0 aromatic carbocycles. The number of carboxylic acids is 1. The van der Waals surface area contributed by atoms with E-state index >= 15 is 0 Å². The third-order valence-electron chi connectivity index (χ3n) is 1.70. The maximum absolute atomic E-state index is 10.3. The van der Waals surface area contributed by atoms with Crippen LogP contribution in [0.5, 0.6) is 0 Å². The van der Waals surface area contributed by atoms with Crippen LogP contribution in [0, 0.1) is 0 Å². The van der Waals surface area contributed by atoms with Crippen molar-refractivity contribution in [2.75, 3.05) is 6.54 Å². The van der Waals surface area contributed by atoms with Crippen LogP contribution in [0.4, 0.5) is 0 Å². The molecule has 5 heteroatoms. The summed E-state index contributed by atoms with van der Waals surface area (Å²) >= 11 is 0. The summed E-state index contributed by atoms with van der Waals surface area (Å²) in [4.78, 5) is 24.2. The van der Waals surface area contributed by atoms with E-state index in [0.29, 0.717) is 19.4 Å². The molecule has 80 valence electrons. The second-order valence-electron chi connectivity index (χ2n) is 2.93. The van der Waals surface area contributed by atoms with Crippen molar-refractivity contribution >= 4 is 18.5 Å². The van der Waals surface area contributed by atoms with Crippen molar-refractivity contribution in [2.45, 2.75) is 31.7 Å². The highest BCUT2D eigenvalue weighted by molar-refractivity contribution is 5.76. The Morgan fingerprint density at radius 3 is 2.79 bits per heavy atom. The van der Waals surface area contributed by atoms with E-state index in [4.69, 9.17) is 10.8 Å². The number of nitrogens with two attached hydrogens (primary N) is 1. The number of aliphatic carboxylic acids is 1. The van der Waals surface area contributed by atoms with Gasteiger partial charge >= 0.3 is 5.97 Å². The van der Waals surface area contributed by atoms with E-state index in [-0.39, 0.29) is 0 Å². The molecule has 0 aliphatic heterocycles. The van der Waals surface area contributed by atoms with Gasteiger partial charge in [-0.15, -0.1) is 0 Å². The van der Waals surface area contributed by atoms with Gasteiger partial charge in [-0.2, -0.15) is 0 Å². The van der Waals surface area contributed by atoms with E-state index in [2.05, 4.69) is 4.99 Å². The Bertz CT molecular complexity index is 204. The Morgan fingerprint density at radius 2 is 2.21 bits per heavy atom. The lowest BCUT2D eigenvalue weighted by atomic mass is 10.1. The molecular formula is C9H16N2O3. The van der Waals surface area contributed by atoms with Crippen LogP contribution in [-0.2, 0) is 9.59 Å². The van der Waals surface area contributed by atoms with E-state index in [1.165, 1.54) is 0 Å². The normalized spacial score (nSPS) is 12.9. The van der Waals surface area contributed by atoms with Crippen molar-refractivity contribution in [1.29, 1.82) is 0 Å². The van der Waals surface area contributed by atoms with Crippen molar-refractivity contribution in [1.82, 2.24) is 0 Å². The van der Waals surface area contributed by atoms with Crippen molar-refractivity contribution in [3.05, 3.63) is 0 Å². The number of hydrogen-bond acceptors (Lipinski definition) is 4. The largest absolute Gasteiger partial charge is 0.480 e. The number of carbonyl (C=O) groups is 2. The Balaban J connectivity index is 3.29. The van der Waals surface area contributed by atoms with Crippen LogP contribution in [0.3, 0.4) is 0 Å². The minimum Gasteiger partial charge on any atom is -0.480 e. The zero-order chi connectivity index (χ0) is 10.8. The first-order valence-corrected chi connectivity index (χ1v) is 4.58. The highest BCUT2D eigenvalue weighted by Crippen LogP contribution is 1.99. The van der Waals surface area contributed by atoms with Gasteiger partial charge in [0.15, 0.2) is 0 Å². The molecule has 0 aromatic rings. The monoisotopic (exact) mass is 200 g/mol. The van der Waals surface area contributed by atoms with Crippen molar-refractivity contribution in [3.8, 4) is 0 Å². The fraction of sp³-hybridized carbons (Fsp3) is 0.667. The van der Waals surface area contributed by atoms with Crippen LogP contribution in [-0.4, -0.2) is 36.2 Å². The molecule has 0 aromatic heterocycles. The third kappa shape index (κ3) is 7.42. The molecule has 0 rings (SSSR count). The molecule has 0 heterocycles. The minimum atomic E-state index is -0.963. The van der Waals surface area contributed by atoms with Crippen LogP contribution < -0.4 is 5.73 Å². The standard InChI is InChI=1S/C9H16N2O3/c10-8(9(13)14)4-1-2-5-11-6-3-7-12/h6-8H,1-5,10H2,(H,13,14)/t8-/m0/s1. The lowest BCUT2D eigenvalue weighted by Crippen LogP contribution is -2.29. The summed E-state index contributed by atoms with van der Waals surface area (Å²) in [7, 11) is 0. The van der Waals surface area contributed by atoms with Crippen LogP contribution in [0.15, 0.2) is 4.99 Å². The van der Waals surface area contributed by atoms with Gasteiger partial charge in [0.1, 0.15) is 12.3 Å². The Hall–Kier alpha value is -1.23. The molecule has 5 nitrogen and oxygen atoms in total. The topological polar surface area (TPSA) is 92.8 Å². The maximum atomic E-state index is 10.3. The van der Waals surface area contributed by atoms with Crippen molar-refractivity contribution < 1.29 is 14.7 Å². The first-order chi connectivity index (χ1) is 6.68. The number of rotatable bonds is 8. The SMILES string of the molecule is N[C@@H](CCCCN=CCC=O)C(=O)O. The number of aldehydes is 1. The summed E-state index contributed by atoms with van der Waals surface area (Å²) < 4.78 is 0. The predicted molar refractivity (Wildman–Crippen MR) is 53.5 cm³/mol. The van der Waals surface area contributed by atoms with Gasteiger partial charge in [-0.1, -0.05) is 0 Å². The average Bonchev–Trinajstić information content (AvgIpc) is 2.16. The Morgan fingerprint density at radius 1 is 1.50 bits per heavy atom. The van der Waals surface area contributed by atoms with E-state index in [1.807, 2.05) is 0 Å². The molecule has 14 heavy (non-hydrogen) atoms. The molecule has 0 aliphatic rings. The Kier molecular flexibility index (Phi) is 7.64. The van der Waals surface area contributed by atoms with Gasteiger partial charge in [-0.3, -0.25) is 9.79 Å². The van der Waals surface area contributed by atoms with Gasteiger partial charge in [0.05, 0.1) is 0 Å². The van der Waals surface area contributed by atoms with Crippen LogP contribution in [0.2, 0.25) is 0 Å². The second kappa shape index (κ2) is 8.37. The maximum Gasteiger partial charge on any atom is 0.320 e. The van der Waals surface area contributed by atoms with Gasteiger partial charge in [0, 0.05) is 19.2 Å². The molecule has 0 saturated carbocycles. The zero-order valence-electron chi connectivity index (χ0n) is 8.06. The van der Waals surface area contributed by atoms with Crippen molar-refractivity contribution in [3.63, 3.8) is 0 Å². The Labute approximate surface area is 83.0 Å². The smallest absolute Gasteiger partial charge is 0.320 e. The molecule has 0 saturated heterocycles. The number of carboxylic acid groups (broad SMARTS) is 1. The van der Waals surface area contributed by atoms with Gasteiger partial charge in [0.2, 0.25) is 0 Å². The van der Waals surface area contributed by atoms with Gasteiger partial charge in [-0.25, -0.2) is 0 Å². The number of hydrogen-bond donors (Lipinski definition) is 2. The predicted octanol–water partition coefficient (Wildman–Crippen LogP) is 0.228. The molecule has 0 radical (unpaired) electrons. The van der Waals surface area contributed by atoms with Gasteiger partial charge < -0.3 is 15.6 Å². The summed E-state index contributed by atoms with van der Waals surface area (Å²) in [5.74, 6) is -0.963. The highest BCUT2D eigenvalue weighted by atomic mass is 16.4. The first kappa shape index (κ1) is 12.8. The summed E-state index contributed by atoms with van der Waals surface area (Å²) in [5, 5.41) is 8.46. The summed E-state index contributed by atoms with van der Waals surface area (Å²) in [6.45, 7) is 0.625. The summed E-state index contributed by atoms with van der Waals surface area (Å²) in [5.41, 5.74) is 5.29. The lowest BCUT2D eigenvalue weighted by molar-refractivity contribution is -0.138. The lowest BCUT2D eigenvalue weighted by Gasteiger charge is -2.03. The molecule has 0 unspecified atom stereocenters. The second-order valence-corrected chi connectivity index (χ2v) is 2.93. The van der Waals surface area contributed by atoms with Crippen LogP contribution >= 0.6 is 0 Å². The van der Waals surface area contributed by atoms with E-state index in [1.54, 1.807) is 6.21 Å². The van der Waals surface area contributed by atoms with Gasteiger partial charge in [-0.05, 0) is 19.3 Å². The number of carbonyl (C=O) groups excluding carboxylic acids is 1. The fourth-order valence-corrected chi connectivity index (χ4v) is 0.900. The average molecular weight is 200 g/mol. The molecular weight excluding hydrogens is 184 g/mol.